The summed E-state index contributed by atoms with van der Waals surface area (Å²) in [5.74, 6) is 0.410. The minimum Gasteiger partial charge on any atom is -0.282 e. The van der Waals surface area contributed by atoms with Crippen molar-refractivity contribution in [3.8, 4) is 0 Å². The number of benzene rings is 1. The van der Waals surface area contributed by atoms with Gasteiger partial charge in [-0.1, -0.05) is 38.5 Å². The van der Waals surface area contributed by atoms with Gasteiger partial charge in [0, 0.05) is 0 Å². The predicted molar refractivity (Wildman–Crippen MR) is 59.4 cm³/mol. The fourth-order valence-corrected chi connectivity index (χ4v) is 2.18. The van der Waals surface area contributed by atoms with E-state index in [1.54, 1.807) is 18.2 Å². The predicted octanol–water partition coefficient (Wildman–Crippen LogP) is 2.52. The fourth-order valence-electron chi connectivity index (χ4n) is 1.44. The molecule has 0 aromatic heterocycles. The van der Waals surface area contributed by atoms with Crippen molar-refractivity contribution in [1.29, 1.82) is 0 Å². The van der Waals surface area contributed by atoms with E-state index in [0.717, 1.165) is 6.42 Å². The van der Waals surface area contributed by atoms with E-state index >= 15 is 0 Å². The van der Waals surface area contributed by atoms with Crippen LogP contribution in [0.3, 0.4) is 0 Å². The lowest BCUT2D eigenvalue weighted by Crippen LogP contribution is -2.06. The van der Waals surface area contributed by atoms with Crippen LogP contribution >= 0.6 is 0 Å². The highest BCUT2D eigenvalue weighted by Crippen LogP contribution is 2.19. The molecule has 1 N–H and O–H groups in total. The van der Waals surface area contributed by atoms with E-state index in [1.165, 1.54) is 6.07 Å². The van der Waals surface area contributed by atoms with Crippen LogP contribution in [0.5, 0.6) is 0 Å². The third-order valence-corrected chi connectivity index (χ3v) is 3.47. The van der Waals surface area contributed by atoms with Crippen LogP contribution in [0.15, 0.2) is 29.2 Å². The second-order valence-corrected chi connectivity index (χ2v) is 5.19. The quantitative estimate of drug-likeness (QED) is 0.806. The van der Waals surface area contributed by atoms with Crippen molar-refractivity contribution < 1.29 is 13.0 Å². The van der Waals surface area contributed by atoms with Crippen LogP contribution in [-0.4, -0.2) is 13.0 Å². The zero-order chi connectivity index (χ0) is 11.5. The first-order valence-electron chi connectivity index (χ1n) is 5.00. The molecule has 0 aliphatic heterocycles. The Kier molecular flexibility index (Phi) is 3.88. The SMILES string of the molecule is CCC(C)Cc1ccccc1S(=O)(=O)O. The van der Waals surface area contributed by atoms with Crippen molar-refractivity contribution in [3.63, 3.8) is 0 Å². The molecule has 1 unspecified atom stereocenters. The van der Waals surface area contributed by atoms with Crippen molar-refractivity contribution in [2.45, 2.75) is 31.6 Å². The molecule has 1 aromatic carbocycles. The molecular weight excluding hydrogens is 212 g/mol. The molecule has 0 fully saturated rings. The highest BCUT2D eigenvalue weighted by atomic mass is 32.2. The van der Waals surface area contributed by atoms with Crippen molar-refractivity contribution in [2.75, 3.05) is 0 Å². The molecule has 0 radical (unpaired) electrons. The lowest BCUT2D eigenvalue weighted by Gasteiger charge is -2.11. The fraction of sp³-hybridized carbons (Fsp3) is 0.455. The van der Waals surface area contributed by atoms with E-state index in [1.807, 2.05) is 0 Å². The van der Waals surface area contributed by atoms with Gasteiger partial charge in [-0.2, -0.15) is 8.42 Å². The van der Waals surface area contributed by atoms with Crippen molar-refractivity contribution in [1.82, 2.24) is 0 Å². The lowest BCUT2D eigenvalue weighted by molar-refractivity contribution is 0.479. The molecule has 0 heterocycles. The van der Waals surface area contributed by atoms with E-state index in [2.05, 4.69) is 13.8 Å². The Morgan fingerprint density at radius 3 is 2.47 bits per heavy atom. The lowest BCUT2D eigenvalue weighted by atomic mass is 9.99. The van der Waals surface area contributed by atoms with Gasteiger partial charge in [0.25, 0.3) is 10.1 Å². The van der Waals surface area contributed by atoms with Crippen LogP contribution in [0.2, 0.25) is 0 Å². The summed E-state index contributed by atoms with van der Waals surface area (Å²) in [5, 5.41) is 0. The summed E-state index contributed by atoms with van der Waals surface area (Å²) in [6.45, 7) is 4.11. The largest absolute Gasteiger partial charge is 0.294 e. The Labute approximate surface area is 90.9 Å². The van der Waals surface area contributed by atoms with E-state index in [-0.39, 0.29) is 4.90 Å². The molecule has 0 aliphatic carbocycles. The van der Waals surface area contributed by atoms with Crippen LogP contribution in [0.25, 0.3) is 0 Å². The second kappa shape index (κ2) is 4.77. The summed E-state index contributed by atoms with van der Waals surface area (Å²) in [6, 6.07) is 6.58. The van der Waals surface area contributed by atoms with E-state index in [9.17, 15) is 8.42 Å². The van der Waals surface area contributed by atoms with E-state index in [0.29, 0.717) is 17.9 Å². The minimum absolute atomic E-state index is 0.0327. The van der Waals surface area contributed by atoms with Crippen molar-refractivity contribution in [3.05, 3.63) is 29.8 Å². The zero-order valence-corrected chi connectivity index (χ0v) is 9.79. The molecule has 15 heavy (non-hydrogen) atoms. The molecule has 3 nitrogen and oxygen atoms in total. The van der Waals surface area contributed by atoms with Gasteiger partial charge in [-0.15, -0.1) is 0 Å². The van der Waals surface area contributed by atoms with E-state index in [4.69, 9.17) is 4.55 Å². The molecule has 4 heteroatoms. The topological polar surface area (TPSA) is 54.4 Å². The second-order valence-electron chi connectivity index (χ2n) is 3.80. The summed E-state index contributed by atoms with van der Waals surface area (Å²) in [5.41, 5.74) is 0.689. The van der Waals surface area contributed by atoms with Gasteiger partial charge in [0.05, 0.1) is 4.90 Å². The van der Waals surface area contributed by atoms with Crippen LogP contribution in [-0.2, 0) is 16.5 Å². The molecule has 1 atom stereocenters. The van der Waals surface area contributed by atoms with Gasteiger partial charge in [-0.05, 0) is 24.0 Å². The summed E-state index contributed by atoms with van der Waals surface area (Å²) in [7, 11) is -4.09. The van der Waals surface area contributed by atoms with E-state index < -0.39 is 10.1 Å². The van der Waals surface area contributed by atoms with Gasteiger partial charge in [0.1, 0.15) is 0 Å². The van der Waals surface area contributed by atoms with Gasteiger partial charge in [0.2, 0.25) is 0 Å². The van der Waals surface area contributed by atoms with Crippen LogP contribution in [0.1, 0.15) is 25.8 Å². The molecule has 0 saturated carbocycles. The third kappa shape index (κ3) is 3.32. The first-order valence-corrected chi connectivity index (χ1v) is 6.44. The smallest absolute Gasteiger partial charge is 0.282 e. The Morgan fingerprint density at radius 2 is 1.93 bits per heavy atom. The highest BCUT2D eigenvalue weighted by molar-refractivity contribution is 7.85. The van der Waals surface area contributed by atoms with Gasteiger partial charge in [-0.3, -0.25) is 4.55 Å². The van der Waals surface area contributed by atoms with Crippen LogP contribution in [0.4, 0.5) is 0 Å². The maximum Gasteiger partial charge on any atom is 0.294 e. The highest BCUT2D eigenvalue weighted by Gasteiger charge is 2.15. The Hall–Kier alpha value is -0.870. The molecule has 0 spiro atoms. The average molecular weight is 228 g/mol. The van der Waals surface area contributed by atoms with Crippen molar-refractivity contribution in [2.24, 2.45) is 5.92 Å². The summed E-state index contributed by atoms with van der Waals surface area (Å²) < 4.78 is 31.2. The molecule has 1 aromatic rings. The average Bonchev–Trinajstić information content (AvgIpc) is 2.17. The number of rotatable bonds is 4. The monoisotopic (exact) mass is 228 g/mol. The normalized spacial score (nSPS) is 13.8. The maximum atomic E-state index is 11.1. The summed E-state index contributed by atoms with van der Waals surface area (Å²) >= 11 is 0. The maximum absolute atomic E-state index is 11.1. The van der Waals surface area contributed by atoms with Gasteiger partial charge in [0.15, 0.2) is 0 Å². The molecule has 0 amide bonds. The minimum atomic E-state index is -4.09. The molecular formula is C11H16O3S. The standard InChI is InChI=1S/C11H16O3S/c1-3-9(2)8-10-6-4-5-7-11(10)15(12,13)14/h4-7,9H,3,8H2,1-2H3,(H,12,13,14). The summed E-state index contributed by atoms with van der Waals surface area (Å²) in [4.78, 5) is 0.0327. The molecule has 0 bridgehead atoms. The van der Waals surface area contributed by atoms with Gasteiger partial charge >= 0.3 is 0 Å². The third-order valence-electron chi connectivity index (χ3n) is 2.52. The number of hydrogen-bond donors (Lipinski definition) is 1. The summed E-state index contributed by atoms with van der Waals surface area (Å²) in [6.07, 6.45) is 1.66. The Morgan fingerprint density at radius 1 is 1.33 bits per heavy atom. The first kappa shape index (κ1) is 12.2. The molecule has 0 aliphatic rings. The van der Waals surface area contributed by atoms with Gasteiger partial charge in [-0.25, -0.2) is 0 Å². The first-order chi connectivity index (χ1) is 6.95. The van der Waals surface area contributed by atoms with Crippen molar-refractivity contribution >= 4 is 10.1 Å². The Balaban J connectivity index is 3.08. The molecule has 84 valence electrons. The zero-order valence-electron chi connectivity index (χ0n) is 8.97. The van der Waals surface area contributed by atoms with Crippen LogP contribution < -0.4 is 0 Å². The molecule has 0 saturated heterocycles. The number of hydrogen-bond acceptors (Lipinski definition) is 2. The Bertz CT molecular complexity index is 423. The van der Waals surface area contributed by atoms with Crippen LogP contribution in [0, 0.1) is 5.92 Å². The van der Waals surface area contributed by atoms with Gasteiger partial charge < -0.3 is 0 Å². The molecule has 1 rings (SSSR count).